The van der Waals surface area contributed by atoms with Crippen LogP contribution in [0.2, 0.25) is 0 Å². The summed E-state index contributed by atoms with van der Waals surface area (Å²) in [5.41, 5.74) is 1.94. The molecule has 0 aliphatic heterocycles. The lowest BCUT2D eigenvalue weighted by Gasteiger charge is -2.32. The predicted octanol–water partition coefficient (Wildman–Crippen LogP) is 4.49. The Kier molecular flexibility index (Phi) is 4.37. The number of nitrogens with zero attached hydrogens (tertiary/aromatic N) is 4. The van der Waals surface area contributed by atoms with E-state index in [9.17, 15) is 5.26 Å². The highest BCUT2D eigenvalue weighted by Gasteiger charge is 2.39. The number of fused-ring (bicyclic) bond motifs is 3. The highest BCUT2D eigenvalue weighted by Crippen LogP contribution is 2.45. The van der Waals surface area contributed by atoms with Crippen LogP contribution in [0.25, 0.3) is 10.2 Å². The summed E-state index contributed by atoms with van der Waals surface area (Å²) in [6.45, 7) is 6.13. The lowest BCUT2D eigenvalue weighted by molar-refractivity contribution is 0.479. The summed E-state index contributed by atoms with van der Waals surface area (Å²) in [5, 5.41) is 11.3. The molecule has 0 saturated carbocycles. The van der Waals surface area contributed by atoms with Crippen molar-refractivity contribution in [3.05, 3.63) is 52.7 Å². The molecular formula is C21H22N4S. The average molecular weight is 363 g/mol. The first kappa shape index (κ1) is 17.0. The van der Waals surface area contributed by atoms with Gasteiger partial charge in [-0.1, -0.05) is 30.3 Å². The zero-order valence-electron chi connectivity index (χ0n) is 15.2. The summed E-state index contributed by atoms with van der Waals surface area (Å²) in [4.78, 5) is 13.9. The van der Waals surface area contributed by atoms with Gasteiger partial charge in [-0.25, -0.2) is 9.97 Å². The largest absolute Gasteiger partial charge is 0.357 e. The zero-order chi connectivity index (χ0) is 18.1. The van der Waals surface area contributed by atoms with E-state index in [1.165, 1.54) is 10.4 Å². The van der Waals surface area contributed by atoms with Crippen molar-refractivity contribution in [2.24, 2.45) is 0 Å². The normalized spacial score (nSPS) is 19.1. The highest BCUT2D eigenvalue weighted by atomic mass is 32.1. The molecule has 0 amide bonds. The first-order valence-electron chi connectivity index (χ1n) is 9.19. The summed E-state index contributed by atoms with van der Waals surface area (Å²) in [7, 11) is 0. The van der Waals surface area contributed by atoms with Crippen LogP contribution in [0.15, 0.2) is 36.7 Å². The van der Waals surface area contributed by atoms with Gasteiger partial charge in [0.25, 0.3) is 0 Å². The van der Waals surface area contributed by atoms with Gasteiger partial charge in [-0.15, -0.1) is 11.3 Å². The number of rotatable bonds is 4. The molecule has 4 nitrogen and oxygen atoms in total. The molecule has 1 aromatic carbocycles. The second-order valence-electron chi connectivity index (χ2n) is 6.79. The van der Waals surface area contributed by atoms with E-state index in [0.29, 0.717) is 0 Å². The quantitative estimate of drug-likeness (QED) is 0.686. The van der Waals surface area contributed by atoms with E-state index in [2.05, 4.69) is 46.9 Å². The number of anilines is 1. The van der Waals surface area contributed by atoms with E-state index in [4.69, 9.17) is 0 Å². The van der Waals surface area contributed by atoms with Crippen molar-refractivity contribution in [3.8, 4) is 6.07 Å². The first-order valence-corrected chi connectivity index (χ1v) is 10.0. The predicted molar refractivity (Wildman–Crippen MR) is 107 cm³/mol. The Hall–Kier alpha value is -2.45. The van der Waals surface area contributed by atoms with Crippen molar-refractivity contribution in [3.63, 3.8) is 0 Å². The van der Waals surface area contributed by atoms with Crippen LogP contribution in [0.1, 0.15) is 36.3 Å². The molecule has 5 heteroatoms. The molecule has 1 aliphatic rings. The molecule has 4 rings (SSSR count). The van der Waals surface area contributed by atoms with E-state index in [-0.39, 0.29) is 0 Å². The fraction of sp³-hybridized carbons (Fsp3) is 0.381. The Balaban J connectivity index is 1.89. The molecule has 1 atom stereocenters. The Bertz CT molecular complexity index is 969. The first-order chi connectivity index (χ1) is 12.7. The van der Waals surface area contributed by atoms with Gasteiger partial charge in [0.05, 0.1) is 16.9 Å². The SMILES string of the molecule is CCN(CC)c1ncnc2sc3c(c12)CC(C#N)(c1ccccc1)CC3. The van der Waals surface area contributed by atoms with Crippen molar-refractivity contribution in [1.82, 2.24) is 9.97 Å². The van der Waals surface area contributed by atoms with E-state index >= 15 is 0 Å². The van der Waals surface area contributed by atoms with E-state index in [1.54, 1.807) is 17.7 Å². The number of nitriles is 1. The summed E-state index contributed by atoms with van der Waals surface area (Å²) in [6.07, 6.45) is 4.20. The van der Waals surface area contributed by atoms with Crippen molar-refractivity contribution in [1.29, 1.82) is 5.26 Å². The van der Waals surface area contributed by atoms with E-state index in [1.807, 2.05) is 18.2 Å². The number of benzene rings is 1. The number of aromatic nitrogens is 2. The molecule has 0 N–H and O–H groups in total. The zero-order valence-corrected chi connectivity index (χ0v) is 16.0. The van der Waals surface area contributed by atoms with Crippen LogP contribution in [0.4, 0.5) is 5.82 Å². The van der Waals surface area contributed by atoms with Gasteiger partial charge in [-0.2, -0.15) is 5.26 Å². The van der Waals surface area contributed by atoms with Gasteiger partial charge in [0, 0.05) is 18.0 Å². The average Bonchev–Trinajstić information content (AvgIpc) is 3.07. The van der Waals surface area contributed by atoms with Crippen LogP contribution >= 0.6 is 11.3 Å². The van der Waals surface area contributed by atoms with Crippen LogP contribution in [0, 0.1) is 11.3 Å². The topological polar surface area (TPSA) is 52.8 Å². The maximum Gasteiger partial charge on any atom is 0.141 e. The fourth-order valence-electron chi connectivity index (χ4n) is 4.05. The van der Waals surface area contributed by atoms with Crippen LogP contribution in [0.3, 0.4) is 0 Å². The van der Waals surface area contributed by atoms with Gasteiger partial charge in [0.15, 0.2) is 0 Å². The molecule has 0 saturated heterocycles. The number of hydrogen-bond donors (Lipinski definition) is 0. The fourth-order valence-corrected chi connectivity index (χ4v) is 5.20. The maximum absolute atomic E-state index is 10.1. The molecule has 1 aliphatic carbocycles. The minimum atomic E-state index is -0.460. The Morgan fingerprint density at radius 3 is 2.65 bits per heavy atom. The Morgan fingerprint density at radius 1 is 1.19 bits per heavy atom. The van der Waals surface area contributed by atoms with Gasteiger partial charge in [-0.3, -0.25) is 0 Å². The van der Waals surface area contributed by atoms with E-state index < -0.39 is 5.41 Å². The van der Waals surface area contributed by atoms with Crippen LogP contribution in [-0.2, 0) is 18.3 Å². The molecule has 3 aromatic rings. The maximum atomic E-state index is 10.1. The highest BCUT2D eigenvalue weighted by molar-refractivity contribution is 7.19. The third-order valence-electron chi connectivity index (χ3n) is 5.51. The molecule has 0 spiro atoms. The molecule has 0 fully saturated rings. The number of hydrogen-bond acceptors (Lipinski definition) is 5. The minimum absolute atomic E-state index is 0.460. The lowest BCUT2D eigenvalue weighted by Crippen LogP contribution is -2.31. The van der Waals surface area contributed by atoms with Crippen molar-refractivity contribution in [2.45, 2.75) is 38.5 Å². The van der Waals surface area contributed by atoms with Crippen molar-refractivity contribution >= 4 is 27.4 Å². The monoisotopic (exact) mass is 362 g/mol. The molecule has 132 valence electrons. The molecule has 0 radical (unpaired) electrons. The van der Waals surface area contributed by atoms with Gasteiger partial charge in [0.2, 0.25) is 0 Å². The van der Waals surface area contributed by atoms with Gasteiger partial charge in [0.1, 0.15) is 17.0 Å². The smallest absolute Gasteiger partial charge is 0.141 e. The number of aryl methyl sites for hydroxylation is 1. The molecule has 2 heterocycles. The van der Waals surface area contributed by atoms with Gasteiger partial charge >= 0.3 is 0 Å². The van der Waals surface area contributed by atoms with Crippen LogP contribution in [0.5, 0.6) is 0 Å². The second-order valence-corrected chi connectivity index (χ2v) is 7.87. The van der Waals surface area contributed by atoms with Crippen LogP contribution < -0.4 is 4.90 Å². The Labute approximate surface area is 158 Å². The van der Waals surface area contributed by atoms with E-state index in [0.717, 1.165) is 53.9 Å². The van der Waals surface area contributed by atoms with Crippen molar-refractivity contribution < 1.29 is 0 Å². The third-order valence-corrected chi connectivity index (χ3v) is 6.71. The lowest BCUT2D eigenvalue weighted by atomic mass is 9.70. The minimum Gasteiger partial charge on any atom is -0.357 e. The summed E-state index contributed by atoms with van der Waals surface area (Å²) in [5.74, 6) is 1.01. The molecule has 1 unspecified atom stereocenters. The van der Waals surface area contributed by atoms with Crippen molar-refractivity contribution in [2.75, 3.05) is 18.0 Å². The summed E-state index contributed by atoms with van der Waals surface area (Å²) in [6, 6.07) is 12.9. The molecular weight excluding hydrogens is 340 g/mol. The summed E-state index contributed by atoms with van der Waals surface area (Å²) < 4.78 is 0. The molecule has 0 bridgehead atoms. The second kappa shape index (κ2) is 6.69. The standard InChI is InChI=1S/C21H22N4S/c1-3-25(4-2)19-18-16-12-21(13-22,15-8-6-5-7-9-15)11-10-17(16)26-20(18)24-14-23-19/h5-9,14H,3-4,10-12H2,1-2H3. The number of thiophene rings is 1. The van der Waals surface area contributed by atoms with Gasteiger partial charge < -0.3 is 4.90 Å². The molecule has 2 aromatic heterocycles. The molecule has 26 heavy (non-hydrogen) atoms. The van der Waals surface area contributed by atoms with Gasteiger partial charge in [-0.05, 0) is 44.2 Å². The van der Waals surface area contributed by atoms with Crippen LogP contribution in [-0.4, -0.2) is 23.1 Å². The Morgan fingerprint density at radius 2 is 1.96 bits per heavy atom. The third kappa shape index (κ3) is 2.57. The summed E-state index contributed by atoms with van der Waals surface area (Å²) >= 11 is 1.77.